The summed E-state index contributed by atoms with van der Waals surface area (Å²) in [5, 5.41) is 3.66. The number of nitrogen functional groups attached to an aromatic ring is 1. The number of amides is 1. The zero-order chi connectivity index (χ0) is 14.7. The Labute approximate surface area is 121 Å². The monoisotopic (exact) mass is 278 g/mol. The number of hydrogen-bond acceptors (Lipinski definition) is 4. The standard InChI is InChI=1S/C16H14N4O/c17-13-8-15(20-14-6-2-1-5-12(13)14)16(21)19-10-11-4-3-7-18-9-11/h1-9H,10H2,(H2,17,20)(H,19,21). The summed E-state index contributed by atoms with van der Waals surface area (Å²) in [7, 11) is 0. The van der Waals surface area contributed by atoms with Crippen LogP contribution in [0.4, 0.5) is 5.69 Å². The van der Waals surface area contributed by atoms with E-state index in [0.29, 0.717) is 23.4 Å². The Bertz CT molecular complexity index is 787. The molecule has 3 N–H and O–H groups in total. The summed E-state index contributed by atoms with van der Waals surface area (Å²) in [5.74, 6) is -0.253. The molecule has 0 aliphatic heterocycles. The van der Waals surface area contributed by atoms with Gasteiger partial charge in [-0.3, -0.25) is 9.78 Å². The van der Waals surface area contributed by atoms with Crippen molar-refractivity contribution in [2.24, 2.45) is 0 Å². The van der Waals surface area contributed by atoms with E-state index in [1.54, 1.807) is 18.5 Å². The number of benzene rings is 1. The lowest BCUT2D eigenvalue weighted by atomic mass is 10.1. The second-order valence-corrected chi connectivity index (χ2v) is 4.66. The summed E-state index contributed by atoms with van der Waals surface area (Å²) in [6.45, 7) is 0.404. The summed E-state index contributed by atoms with van der Waals surface area (Å²) in [6.07, 6.45) is 3.40. The molecule has 3 rings (SSSR count). The molecule has 0 bridgehead atoms. The lowest BCUT2D eigenvalue weighted by molar-refractivity contribution is 0.0946. The molecule has 3 aromatic rings. The van der Waals surface area contributed by atoms with Crippen LogP contribution in [0.5, 0.6) is 0 Å². The summed E-state index contributed by atoms with van der Waals surface area (Å²) < 4.78 is 0. The number of nitrogens with two attached hydrogens (primary N) is 1. The minimum atomic E-state index is -0.253. The largest absolute Gasteiger partial charge is 0.398 e. The quantitative estimate of drug-likeness (QED) is 0.769. The molecule has 0 aliphatic carbocycles. The number of nitrogens with zero attached hydrogens (tertiary/aromatic N) is 2. The highest BCUT2D eigenvalue weighted by Crippen LogP contribution is 2.19. The van der Waals surface area contributed by atoms with Crippen molar-refractivity contribution in [3.8, 4) is 0 Å². The van der Waals surface area contributed by atoms with Crippen molar-refractivity contribution in [3.63, 3.8) is 0 Å². The van der Waals surface area contributed by atoms with Gasteiger partial charge < -0.3 is 11.1 Å². The van der Waals surface area contributed by atoms with Gasteiger partial charge in [-0.1, -0.05) is 24.3 Å². The van der Waals surface area contributed by atoms with E-state index < -0.39 is 0 Å². The molecule has 0 saturated heterocycles. The molecule has 5 nitrogen and oxygen atoms in total. The number of hydrogen-bond donors (Lipinski definition) is 2. The average molecular weight is 278 g/mol. The van der Waals surface area contributed by atoms with Crippen molar-refractivity contribution < 1.29 is 4.79 Å². The fourth-order valence-electron chi connectivity index (χ4n) is 2.09. The number of aromatic nitrogens is 2. The van der Waals surface area contributed by atoms with Crippen LogP contribution in [0.25, 0.3) is 10.9 Å². The van der Waals surface area contributed by atoms with Crippen molar-refractivity contribution in [2.75, 3.05) is 5.73 Å². The van der Waals surface area contributed by atoms with E-state index in [4.69, 9.17) is 5.73 Å². The van der Waals surface area contributed by atoms with Gasteiger partial charge in [0.25, 0.3) is 5.91 Å². The van der Waals surface area contributed by atoms with Gasteiger partial charge in [-0.05, 0) is 23.8 Å². The zero-order valence-corrected chi connectivity index (χ0v) is 11.3. The third kappa shape index (κ3) is 2.81. The maximum absolute atomic E-state index is 12.2. The minimum absolute atomic E-state index is 0.253. The second kappa shape index (κ2) is 5.58. The van der Waals surface area contributed by atoms with E-state index in [1.165, 1.54) is 0 Å². The first kappa shape index (κ1) is 13.1. The van der Waals surface area contributed by atoms with Crippen molar-refractivity contribution in [2.45, 2.75) is 6.54 Å². The number of carbonyl (C=O) groups is 1. The van der Waals surface area contributed by atoms with Crippen molar-refractivity contribution in [1.82, 2.24) is 15.3 Å². The summed E-state index contributed by atoms with van der Waals surface area (Å²) >= 11 is 0. The maximum Gasteiger partial charge on any atom is 0.270 e. The Morgan fingerprint density at radius 1 is 1.19 bits per heavy atom. The first-order chi connectivity index (χ1) is 10.2. The molecule has 21 heavy (non-hydrogen) atoms. The lowest BCUT2D eigenvalue weighted by Gasteiger charge is -2.07. The molecule has 1 aromatic carbocycles. The maximum atomic E-state index is 12.2. The highest BCUT2D eigenvalue weighted by atomic mass is 16.1. The Morgan fingerprint density at radius 2 is 2.05 bits per heavy atom. The summed E-state index contributed by atoms with van der Waals surface area (Å²) in [4.78, 5) is 20.5. The fourth-order valence-corrected chi connectivity index (χ4v) is 2.09. The van der Waals surface area contributed by atoms with Gasteiger partial charge in [0, 0.05) is 30.0 Å². The number of anilines is 1. The first-order valence-corrected chi connectivity index (χ1v) is 6.56. The summed E-state index contributed by atoms with van der Waals surface area (Å²) in [6, 6.07) is 12.8. The van der Waals surface area contributed by atoms with Crippen molar-refractivity contribution >= 4 is 22.5 Å². The van der Waals surface area contributed by atoms with E-state index in [1.807, 2.05) is 36.4 Å². The van der Waals surface area contributed by atoms with Gasteiger partial charge in [-0.15, -0.1) is 0 Å². The number of para-hydroxylation sites is 1. The highest BCUT2D eigenvalue weighted by Gasteiger charge is 2.10. The fraction of sp³-hybridized carbons (Fsp3) is 0.0625. The van der Waals surface area contributed by atoms with Crippen LogP contribution in [-0.2, 0) is 6.54 Å². The van der Waals surface area contributed by atoms with Crippen LogP contribution in [0.2, 0.25) is 0 Å². The molecule has 0 radical (unpaired) electrons. The third-order valence-electron chi connectivity index (χ3n) is 3.16. The van der Waals surface area contributed by atoms with Gasteiger partial charge in [-0.25, -0.2) is 4.98 Å². The predicted molar refractivity (Wildman–Crippen MR) is 81.6 cm³/mol. The molecule has 0 aliphatic rings. The molecule has 1 amide bonds. The molecule has 0 unspecified atom stereocenters. The van der Waals surface area contributed by atoms with Crippen molar-refractivity contribution in [3.05, 3.63) is 66.1 Å². The van der Waals surface area contributed by atoms with Gasteiger partial charge in [-0.2, -0.15) is 0 Å². The molecule has 2 aromatic heterocycles. The van der Waals surface area contributed by atoms with E-state index in [2.05, 4.69) is 15.3 Å². The number of pyridine rings is 2. The van der Waals surface area contributed by atoms with E-state index in [9.17, 15) is 4.79 Å². The van der Waals surface area contributed by atoms with Gasteiger partial charge >= 0.3 is 0 Å². The Kier molecular flexibility index (Phi) is 3.47. The lowest BCUT2D eigenvalue weighted by Crippen LogP contribution is -2.24. The third-order valence-corrected chi connectivity index (χ3v) is 3.16. The summed E-state index contributed by atoms with van der Waals surface area (Å²) in [5.41, 5.74) is 8.48. The van der Waals surface area contributed by atoms with Crippen LogP contribution in [0.3, 0.4) is 0 Å². The molecule has 0 spiro atoms. The van der Waals surface area contributed by atoms with Gasteiger partial charge in [0.1, 0.15) is 5.69 Å². The molecule has 2 heterocycles. The smallest absolute Gasteiger partial charge is 0.270 e. The predicted octanol–water partition coefficient (Wildman–Crippen LogP) is 2.14. The van der Waals surface area contributed by atoms with Crippen LogP contribution in [0.1, 0.15) is 16.1 Å². The second-order valence-electron chi connectivity index (χ2n) is 4.66. The Hall–Kier alpha value is -2.95. The first-order valence-electron chi connectivity index (χ1n) is 6.56. The Balaban J connectivity index is 1.81. The molecular weight excluding hydrogens is 264 g/mol. The van der Waals surface area contributed by atoms with Gasteiger partial charge in [0.15, 0.2) is 0 Å². The van der Waals surface area contributed by atoms with E-state index >= 15 is 0 Å². The number of nitrogens with one attached hydrogen (secondary N) is 1. The minimum Gasteiger partial charge on any atom is -0.398 e. The SMILES string of the molecule is Nc1cc(C(=O)NCc2cccnc2)nc2ccccc12. The molecule has 5 heteroatoms. The van der Waals surface area contributed by atoms with Crippen molar-refractivity contribution in [1.29, 1.82) is 0 Å². The van der Waals surface area contributed by atoms with E-state index in [0.717, 1.165) is 10.9 Å². The highest BCUT2D eigenvalue weighted by molar-refractivity contribution is 5.99. The number of carbonyl (C=O) groups excluding carboxylic acids is 1. The molecule has 0 atom stereocenters. The van der Waals surface area contributed by atoms with Crippen LogP contribution in [-0.4, -0.2) is 15.9 Å². The zero-order valence-electron chi connectivity index (χ0n) is 11.3. The van der Waals surface area contributed by atoms with Crippen LogP contribution in [0.15, 0.2) is 54.9 Å². The molecule has 104 valence electrons. The number of rotatable bonds is 3. The van der Waals surface area contributed by atoms with Crippen LogP contribution < -0.4 is 11.1 Å². The average Bonchev–Trinajstić information content (AvgIpc) is 2.53. The van der Waals surface area contributed by atoms with Crippen LogP contribution in [0, 0.1) is 0 Å². The topological polar surface area (TPSA) is 80.9 Å². The van der Waals surface area contributed by atoms with Crippen LogP contribution >= 0.6 is 0 Å². The molecular formula is C16H14N4O. The normalized spacial score (nSPS) is 10.5. The van der Waals surface area contributed by atoms with Gasteiger partial charge in [0.05, 0.1) is 5.52 Å². The number of fused-ring (bicyclic) bond motifs is 1. The van der Waals surface area contributed by atoms with Gasteiger partial charge in [0.2, 0.25) is 0 Å². The molecule has 0 fully saturated rings. The van der Waals surface area contributed by atoms with E-state index in [-0.39, 0.29) is 5.91 Å². The molecule has 0 saturated carbocycles. The Morgan fingerprint density at radius 3 is 2.86 bits per heavy atom.